The quantitative estimate of drug-likeness (QED) is 0.0278. The summed E-state index contributed by atoms with van der Waals surface area (Å²) >= 11 is 0. The van der Waals surface area contributed by atoms with Crippen molar-refractivity contribution in [1.82, 2.24) is 0 Å². The van der Waals surface area contributed by atoms with Gasteiger partial charge < -0.3 is 190 Å². The third-order valence-corrected chi connectivity index (χ3v) is 34.0. The maximum absolute atomic E-state index is 12.5. The largest absolute Gasteiger partial charge is 0.393 e. The Balaban J connectivity index is 0.706. The molecule has 0 saturated carbocycles. The highest BCUT2D eigenvalue weighted by Gasteiger charge is 2.61. The molecule has 10 aliphatic rings. The monoisotopic (exact) mass is 2130 g/mol. The highest BCUT2D eigenvalue weighted by molar-refractivity contribution is 5.06. The summed E-state index contributed by atoms with van der Waals surface area (Å²) in [6, 6.07) is 0. The molecule has 0 radical (unpaired) electrons. The molecule has 148 heavy (non-hydrogen) atoms. The molecule has 10 rings (SSSR count). The summed E-state index contributed by atoms with van der Waals surface area (Å²) in [5, 5.41) is 297. The van der Waals surface area contributed by atoms with Gasteiger partial charge in [-0.15, -0.1) is 13.2 Å². The number of rotatable bonds is 62. The second kappa shape index (κ2) is 61.5. The molecular formula is C110H198O38. The van der Waals surface area contributed by atoms with E-state index in [4.69, 9.17) is 56.8 Å². The van der Waals surface area contributed by atoms with Gasteiger partial charge in [0.15, 0.2) is 24.2 Å². The van der Waals surface area contributed by atoms with Crippen LogP contribution in [0.5, 0.6) is 0 Å². The molecule has 0 bridgehead atoms. The summed E-state index contributed by atoms with van der Waals surface area (Å²) in [5.74, 6) is -1.59. The number of aliphatic hydroxyl groups excluding tert-OH is 26. The molecule has 0 aromatic heterocycles. The molecular weight excluding hydrogens is 1930 g/mol. The predicted molar refractivity (Wildman–Crippen MR) is 542 cm³/mol. The lowest BCUT2D eigenvalue weighted by atomic mass is 9.78. The van der Waals surface area contributed by atoms with Crippen LogP contribution in [0.3, 0.4) is 0 Å². The van der Waals surface area contributed by atoms with Gasteiger partial charge in [-0.2, -0.15) is 0 Å². The van der Waals surface area contributed by atoms with Crippen molar-refractivity contribution in [2.75, 3.05) is 6.61 Å². The zero-order valence-electron chi connectivity index (χ0n) is 89.4. The van der Waals surface area contributed by atoms with Gasteiger partial charge in [0.05, 0.1) is 183 Å². The van der Waals surface area contributed by atoms with E-state index in [1.165, 1.54) is 97.8 Å². The van der Waals surface area contributed by atoms with E-state index in [2.05, 4.69) is 27.0 Å². The van der Waals surface area contributed by atoms with Crippen LogP contribution in [0.15, 0.2) is 25.3 Å². The summed E-state index contributed by atoms with van der Waals surface area (Å²) in [6.45, 7) is 20.0. The lowest BCUT2D eigenvalue weighted by Gasteiger charge is -2.51. The number of aliphatic hydroxyl groups is 26. The average Bonchev–Trinajstić information content (AvgIpc) is 1.49. The third kappa shape index (κ3) is 38.4. The molecule has 866 valence electrons. The first kappa shape index (κ1) is 128. The van der Waals surface area contributed by atoms with Crippen molar-refractivity contribution in [2.45, 2.75) is 636 Å². The van der Waals surface area contributed by atoms with E-state index in [9.17, 15) is 133 Å². The average molecular weight is 2130 g/mol. The smallest absolute Gasteiger partial charge is 0.186 e. The fraction of sp³-hybridized carbons (Fsp3) is 0.964. The van der Waals surface area contributed by atoms with Gasteiger partial charge in [-0.05, 0) is 141 Å². The first-order valence-electron chi connectivity index (χ1n) is 57.0. The Labute approximate surface area is 877 Å². The molecule has 26 N–H and O–H groups in total. The SMILES string of the molecule is C=CCCCCCCCCCCCC(O)C(O)C[C@@H]1C[C@H](O)C[C@@]2(CC[C@]3(O[C@H](CC(O)CC(O)[C@H]4C[C@@H](O)[C@H](O)[C@@H](O)C(C[C@H](O)[C@@H]5O[C@@H](CC(O)CC[C@H]6C[C@@H](O)[C@@H](O)[C@@](C)(C[C@@H](O)C[C@]7(C)O[C@@H](C[C@H]8O[C@H](CC(O)CCCC(C)CC(O)CC(O)CC(C)CCC(C)CCCCCCCCC=C)[C@@H](O)C[C@H]8O[C@@H]8O[C@H](C)[C@@H](O)[C@H](O)[C@@H]8O)C[C@H](O)[C@@H]7O[C@@H]7OC[C@@H](O)[C@H](O)[C@H]7O)O6)C[C@H](O)[C@@H]5O)O4)CC[C@H]3C)O2)O1. The Morgan fingerprint density at radius 2 is 0.953 bits per heavy atom. The van der Waals surface area contributed by atoms with Crippen molar-refractivity contribution in [3.63, 3.8) is 0 Å². The molecule has 0 amide bonds. The van der Waals surface area contributed by atoms with Crippen molar-refractivity contribution in [2.24, 2.45) is 23.7 Å². The van der Waals surface area contributed by atoms with E-state index < -0.39 is 306 Å². The number of hydrogen-bond acceptors (Lipinski definition) is 38. The van der Waals surface area contributed by atoms with Gasteiger partial charge in [-0.3, -0.25) is 0 Å². The molecule has 38 nitrogen and oxygen atoms in total. The summed E-state index contributed by atoms with van der Waals surface area (Å²) in [5.41, 5.74) is -3.62. The zero-order valence-corrected chi connectivity index (χ0v) is 89.4. The van der Waals surface area contributed by atoms with E-state index in [0.29, 0.717) is 69.6 Å². The van der Waals surface area contributed by atoms with Gasteiger partial charge in [0, 0.05) is 102 Å². The van der Waals surface area contributed by atoms with Crippen LogP contribution in [0.2, 0.25) is 0 Å². The maximum atomic E-state index is 12.5. The zero-order chi connectivity index (χ0) is 108. The van der Waals surface area contributed by atoms with E-state index in [1.807, 2.05) is 26.0 Å². The minimum absolute atomic E-state index is 0.0167. The standard InChI is InChI=1S/C110H198O38/c1-10-12-14-16-18-20-21-22-24-26-28-33-79(118)80(119)52-77-47-72(116)60-109(146-77)40-41-110(148-109)65(6)36-38-74(147-110)46-71(115)48-81(120)90-56-84(123)95(129)98(132)93(141-90)57-85(124)102-97(131)83(122)51-76(139-102)45-68(112)37-39-75-50-86(125)103(136)107(8,144-75)58-73(117)59-108(9)104(143-105-100(134)96(130)88(127)61-137-105)87(126)53-78(145-108)54-91-92(142-106-101(135)99(133)94(128)66(7)138-106)55-82(121)89(140-91)49-67(111)32-29-31-63(4)42-69(113)44-70(114)43-64(5)35-34-62(3)30-27-25-23-19-17-15-13-11-2/h10-11,62-106,111-136H,1-2,12-61H2,3-9H3/t62?,63?,64?,65-,66-,67?,68?,69?,70?,71?,72+,73-,74+,75+,76+,77+,78-,79?,80?,81?,82+,83+,84-,85+,86-,87+,88-,89-,90-,91-,92-,93?,94-,95+,96+,97+,98+,99+,100-,101+,102+,103-,104+,105+,106+,107-,108+,109+,110+/m1/s1. The van der Waals surface area contributed by atoms with Crippen LogP contribution in [0.25, 0.3) is 0 Å². The third-order valence-electron chi connectivity index (χ3n) is 34.0. The summed E-state index contributed by atoms with van der Waals surface area (Å²) < 4.78 is 77.0. The Bertz CT molecular complexity index is 3670. The van der Waals surface area contributed by atoms with Gasteiger partial charge in [0.25, 0.3) is 0 Å². The van der Waals surface area contributed by atoms with Gasteiger partial charge in [-0.25, -0.2) is 0 Å². The molecule has 10 heterocycles. The van der Waals surface area contributed by atoms with E-state index in [-0.39, 0.29) is 115 Å². The summed E-state index contributed by atoms with van der Waals surface area (Å²) in [7, 11) is 0. The van der Waals surface area contributed by atoms with Crippen molar-refractivity contribution in [3.05, 3.63) is 25.3 Å². The lowest BCUT2D eigenvalue weighted by Crippen LogP contribution is -2.64. The molecule has 0 aromatic carbocycles. The number of unbranched alkanes of at least 4 members (excludes halogenated alkanes) is 15. The maximum Gasteiger partial charge on any atom is 0.186 e. The number of ether oxygens (including phenoxy) is 12. The second-order valence-electron chi connectivity index (χ2n) is 47.6. The number of allylic oxidation sites excluding steroid dienone is 2. The van der Waals surface area contributed by atoms with Crippen LogP contribution in [-0.2, 0) is 56.8 Å². The first-order chi connectivity index (χ1) is 70.1. The molecule has 0 aromatic rings. The molecule has 10 aliphatic heterocycles. The fourth-order valence-electron chi connectivity index (χ4n) is 25.2. The second-order valence-corrected chi connectivity index (χ2v) is 47.6. The van der Waals surface area contributed by atoms with Gasteiger partial charge in [0.1, 0.15) is 73.2 Å². The van der Waals surface area contributed by atoms with Crippen molar-refractivity contribution < 1.29 is 190 Å². The van der Waals surface area contributed by atoms with Gasteiger partial charge in [0.2, 0.25) is 0 Å². The van der Waals surface area contributed by atoms with Gasteiger partial charge in [-0.1, -0.05) is 155 Å². The summed E-state index contributed by atoms with van der Waals surface area (Å²) in [6.07, 6.45) is -26.4. The van der Waals surface area contributed by atoms with Gasteiger partial charge >= 0.3 is 0 Å². The van der Waals surface area contributed by atoms with Crippen LogP contribution in [0.4, 0.5) is 0 Å². The van der Waals surface area contributed by atoms with Crippen LogP contribution in [-0.4, -0.2) is 413 Å². The lowest BCUT2D eigenvalue weighted by molar-refractivity contribution is -0.380. The topological polar surface area (TPSA) is 637 Å². The van der Waals surface area contributed by atoms with Crippen LogP contribution in [0, 0.1) is 23.7 Å². The number of hydrogen-bond donors (Lipinski definition) is 26. The molecule has 10 fully saturated rings. The van der Waals surface area contributed by atoms with Crippen molar-refractivity contribution >= 4 is 0 Å². The highest BCUT2D eigenvalue weighted by atomic mass is 16.8. The van der Waals surface area contributed by atoms with E-state index >= 15 is 0 Å². The normalized spacial score (nSPS) is 40.9. The first-order valence-corrected chi connectivity index (χ1v) is 57.0. The minimum atomic E-state index is -1.88. The Morgan fingerprint density at radius 3 is 1.62 bits per heavy atom. The van der Waals surface area contributed by atoms with E-state index in [0.717, 1.165) is 51.4 Å². The molecule has 38 heteroatoms. The van der Waals surface area contributed by atoms with Crippen LogP contribution in [0.1, 0.15) is 363 Å². The minimum Gasteiger partial charge on any atom is -0.393 e. The molecule has 12 unspecified atom stereocenters. The molecule has 49 atom stereocenters. The molecule has 2 spiro atoms. The summed E-state index contributed by atoms with van der Waals surface area (Å²) in [4.78, 5) is 0. The highest BCUT2D eigenvalue weighted by Crippen LogP contribution is 2.54. The Kier molecular flexibility index (Phi) is 53.1. The van der Waals surface area contributed by atoms with Crippen LogP contribution < -0.4 is 0 Å². The Morgan fingerprint density at radius 1 is 0.378 bits per heavy atom. The van der Waals surface area contributed by atoms with Crippen molar-refractivity contribution in [3.8, 4) is 0 Å². The molecule has 10 saturated heterocycles. The van der Waals surface area contributed by atoms with Crippen LogP contribution >= 0.6 is 0 Å². The fourth-order valence-corrected chi connectivity index (χ4v) is 25.2. The Hall–Kier alpha value is -2.04. The van der Waals surface area contributed by atoms with Crippen molar-refractivity contribution in [1.29, 1.82) is 0 Å². The predicted octanol–water partition coefficient (Wildman–Crippen LogP) is 5.11. The van der Waals surface area contributed by atoms with E-state index in [1.54, 1.807) is 0 Å². The molecule has 0 aliphatic carbocycles.